The van der Waals surface area contributed by atoms with Gasteiger partial charge in [-0.15, -0.1) is 0 Å². The molecule has 0 aliphatic rings. The minimum atomic E-state index is -3.62. The van der Waals surface area contributed by atoms with Crippen molar-refractivity contribution in [2.75, 3.05) is 6.61 Å². The Kier molecular flexibility index (Phi) is 5.89. The number of aromatic hydroxyl groups is 1. The van der Waals surface area contributed by atoms with Gasteiger partial charge < -0.3 is 9.84 Å². The molecular weight excluding hydrogens is 324 g/mol. The topological polar surface area (TPSA) is 63.6 Å². The van der Waals surface area contributed by atoms with Gasteiger partial charge in [0.05, 0.1) is 16.4 Å². The zero-order valence-electron chi connectivity index (χ0n) is 14.3. The molecule has 0 saturated carbocycles. The summed E-state index contributed by atoms with van der Waals surface area (Å²) in [7, 11) is -3.62. The van der Waals surface area contributed by atoms with Gasteiger partial charge in [-0.25, -0.2) is 8.42 Å². The van der Waals surface area contributed by atoms with Crippen molar-refractivity contribution in [2.45, 2.75) is 49.3 Å². The van der Waals surface area contributed by atoms with Crippen LogP contribution in [0.5, 0.6) is 11.5 Å². The van der Waals surface area contributed by atoms with Gasteiger partial charge in [-0.2, -0.15) is 0 Å². The summed E-state index contributed by atoms with van der Waals surface area (Å²) in [5, 5.41) is 9.87. The van der Waals surface area contributed by atoms with Crippen molar-refractivity contribution in [3.8, 4) is 11.5 Å². The van der Waals surface area contributed by atoms with Gasteiger partial charge in [0.25, 0.3) is 0 Å². The molecule has 0 heterocycles. The number of phenols is 1. The Labute approximate surface area is 144 Å². The number of ether oxygens (including phenoxy) is 1. The van der Waals surface area contributed by atoms with Gasteiger partial charge in [0.15, 0.2) is 0 Å². The van der Waals surface area contributed by atoms with Crippen LogP contribution in [0.25, 0.3) is 0 Å². The van der Waals surface area contributed by atoms with Crippen LogP contribution in [-0.4, -0.2) is 20.1 Å². The lowest BCUT2D eigenvalue weighted by Crippen LogP contribution is -2.04. The van der Waals surface area contributed by atoms with Crippen molar-refractivity contribution in [3.63, 3.8) is 0 Å². The second-order valence-corrected chi connectivity index (χ2v) is 8.00. The molecule has 0 radical (unpaired) electrons. The highest BCUT2D eigenvalue weighted by Crippen LogP contribution is 2.31. The Balaban J connectivity index is 2.29. The van der Waals surface area contributed by atoms with E-state index in [4.69, 9.17) is 4.74 Å². The van der Waals surface area contributed by atoms with E-state index in [9.17, 15) is 13.5 Å². The normalized spacial score (nSPS) is 11.7. The molecule has 0 atom stereocenters. The van der Waals surface area contributed by atoms with Gasteiger partial charge in [-0.1, -0.05) is 27.2 Å². The molecule has 0 aromatic heterocycles. The van der Waals surface area contributed by atoms with E-state index in [-0.39, 0.29) is 21.5 Å². The van der Waals surface area contributed by atoms with Crippen LogP contribution < -0.4 is 4.74 Å². The Morgan fingerprint density at radius 1 is 1.04 bits per heavy atom. The van der Waals surface area contributed by atoms with Crippen LogP contribution in [0.4, 0.5) is 0 Å². The Morgan fingerprint density at radius 2 is 1.67 bits per heavy atom. The van der Waals surface area contributed by atoms with E-state index in [1.165, 1.54) is 12.1 Å². The molecule has 24 heavy (non-hydrogen) atoms. The van der Waals surface area contributed by atoms with Crippen molar-refractivity contribution >= 4 is 9.84 Å². The first-order valence-corrected chi connectivity index (χ1v) is 9.65. The van der Waals surface area contributed by atoms with Crippen LogP contribution in [0.3, 0.4) is 0 Å². The standard InChI is InChI=1S/C19H24O4S/c1-4-5-12-23-15-6-8-16(9-7-15)24(21,22)17-10-11-19(20)18(13-17)14(2)3/h6-11,13-14,20H,4-5,12H2,1-3H3. The van der Waals surface area contributed by atoms with Crippen molar-refractivity contribution < 1.29 is 18.3 Å². The summed E-state index contributed by atoms with van der Waals surface area (Å²) in [6.07, 6.45) is 2.01. The van der Waals surface area contributed by atoms with E-state index < -0.39 is 9.84 Å². The zero-order chi connectivity index (χ0) is 17.7. The number of hydrogen-bond acceptors (Lipinski definition) is 4. The Morgan fingerprint density at radius 3 is 2.25 bits per heavy atom. The molecule has 0 amide bonds. The largest absolute Gasteiger partial charge is 0.508 e. The van der Waals surface area contributed by atoms with Crippen LogP contribution in [0.2, 0.25) is 0 Å². The second-order valence-electron chi connectivity index (χ2n) is 6.05. The molecule has 0 aliphatic carbocycles. The Bertz CT molecular complexity index is 778. The van der Waals surface area contributed by atoms with Gasteiger partial charge in [0, 0.05) is 0 Å². The van der Waals surface area contributed by atoms with Gasteiger partial charge in [-0.3, -0.25) is 0 Å². The molecule has 0 unspecified atom stereocenters. The molecule has 0 spiro atoms. The first kappa shape index (κ1) is 18.3. The van der Waals surface area contributed by atoms with Gasteiger partial charge >= 0.3 is 0 Å². The summed E-state index contributed by atoms with van der Waals surface area (Å²) in [6, 6.07) is 10.9. The maximum absolute atomic E-state index is 12.8. The molecule has 0 saturated heterocycles. The highest BCUT2D eigenvalue weighted by atomic mass is 32.2. The maximum atomic E-state index is 12.8. The van der Waals surface area contributed by atoms with E-state index in [2.05, 4.69) is 6.92 Å². The van der Waals surface area contributed by atoms with Crippen LogP contribution in [0.15, 0.2) is 52.3 Å². The second kappa shape index (κ2) is 7.71. The number of benzene rings is 2. The molecule has 0 bridgehead atoms. The molecular formula is C19H24O4S. The third kappa shape index (κ3) is 4.09. The number of sulfone groups is 1. The van der Waals surface area contributed by atoms with Crippen molar-refractivity contribution in [1.82, 2.24) is 0 Å². The molecule has 2 rings (SSSR count). The summed E-state index contributed by atoms with van der Waals surface area (Å²) in [6.45, 7) is 6.53. The number of rotatable bonds is 7. The first-order valence-electron chi connectivity index (χ1n) is 8.17. The van der Waals surface area contributed by atoms with Crippen molar-refractivity contribution in [3.05, 3.63) is 48.0 Å². The smallest absolute Gasteiger partial charge is 0.206 e. The summed E-state index contributed by atoms with van der Waals surface area (Å²) in [5.41, 5.74) is 0.621. The van der Waals surface area contributed by atoms with E-state index in [0.717, 1.165) is 12.8 Å². The maximum Gasteiger partial charge on any atom is 0.206 e. The predicted octanol–water partition coefficient (Wildman–Crippen LogP) is 4.53. The fourth-order valence-electron chi connectivity index (χ4n) is 2.35. The van der Waals surface area contributed by atoms with Gasteiger partial charge in [0.1, 0.15) is 11.5 Å². The molecule has 2 aromatic carbocycles. The minimum Gasteiger partial charge on any atom is -0.508 e. The van der Waals surface area contributed by atoms with Crippen LogP contribution in [0, 0.1) is 0 Å². The van der Waals surface area contributed by atoms with E-state index in [1.54, 1.807) is 30.3 Å². The summed E-state index contributed by atoms with van der Waals surface area (Å²) >= 11 is 0. The highest BCUT2D eigenvalue weighted by molar-refractivity contribution is 7.91. The third-order valence-corrected chi connectivity index (χ3v) is 5.60. The Hall–Kier alpha value is -2.01. The third-order valence-electron chi connectivity index (χ3n) is 3.83. The molecule has 0 aliphatic heterocycles. The molecule has 130 valence electrons. The zero-order valence-corrected chi connectivity index (χ0v) is 15.1. The van der Waals surface area contributed by atoms with Gasteiger partial charge in [-0.05, 0) is 60.4 Å². The highest BCUT2D eigenvalue weighted by Gasteiger charge is 2.20. The number of unbranched alkanes of at least 4 members (excludes halogenated alkanes) is 1. The van der Waals surface area contributed by atoms with E-state index in [1.807, 2.05) is 13.8 Å². The van der Waals surface area contributed by atoms with Crippen LogP contribution >= 0.6 is 0 Å². The number of hydrogen-bond donors (Lipinski definition) is 1. The van der Waals surface area contributed by atoms with Crippen molar-refractivity contribution in [1.29, 1.82) is 0 Å². The average Bonchev–Trinajstić information content (AvgIpc) is 2.55. The van der Waals surface area contributed by atoms with E-state index in [0.29, 0.717) is 17.9 Å². The van der Waals surface area contributed by atoms with Crippen LogP contribution in [0.1, 0.15) is 45.1 Å². The monoisotopic (exact) mass is 348 g/mol. The lowest BCUT2D eigenvalue weighted by molar-refractivity contribution is 0.309. The predicted molar refractivity (Wildman–Crippen MR) is 94.5 cm³/mol. The quantitative estimate of drug-likeness (QED) is 0.747. The fourth-order valence-corrected chi connectivity index (χ4v) is 3.64. The van der Waals surface area contributed by atoms with Crippen molar-refractivity contribution in [2.24, 2.45) is 0 Å². The SMILES string of the molecule is CCCCOc1ccc(S(=O)(=O)c2ccc(O)c(C(C)C)c2)cc1. The summed E-state index contributed by atoms with van der Waals surface area (Å²) in [5.74, 6) is 0.814. The minimum absolute atomic E-state index is 0.0366. The fraction of sp³-hybridized carbons (Fsp3) is 0.368. The molecule has 1 N–H and O–H groups in total. The lowest BCUT2D eigenvalue weighted by Gasteiger charge is -2.12. The van der Waals surface area contributed by atoms with Gasteiger partial charge in [0.2, 0.25) is 9.84 Å². The summed E-state index contributed by atoms with van der Waals surface area (Å²) in [4.78, 5) is 0.398. The molecule has 5 heteroatoms. The molecule has 0 fully saturated rings. The number of phenolic OH excluding ortho intramolecular Hbond substituents is 1. The summed E-state index contributed by atoms with van der Waals surface area (Å²) < 4.78 is 31.1. The average molecular weight is 348 g/mol. The lowest BCUT2D eigenvalue weighted by atomic mass is 10.0. The van der Waals surface area contributed by atoms with E-state index >= 15 is 0 Å². The molecule has 4 nitrogen and oxygen atoms in total. The first-order chi connectivity index (χ1) is 11.4. The van der Waals surface area contributed by atoms with Crippen LogP contribution in [-0.2, 0) is 9.84 Å². The molecule has 2 aromatic rings.